The second kappa shape index (κ2) is 7.11. The molecule has 0 saturated heterocycles. The van der Waals surface area contributed by atoms with Crippen molar-refractivity contribution in [3.8, 4) is 6.07 Å². The van der Waals surface area contributed by atoms with Crippen molar-refractivity contribution in [2.45, 2.75) is 25.3 Å². The summed E-state index contributed by atoms with van der Waals surface area (Å²) in [6, 6.07) is 6.49. The van der Waals surface area contributed by atoms with Crippen LogP contribution in [0.1, 0.15) is 29.6 Å². The number of benzene rings is 1. The zero-order valence-corrected chi connectivity index (χ0v) is 10.2. The zero-order valence-electron chi connectivity index (χ0n) is 10.2. The molecule has 3 N–H and O–H groups in total. The van der Waals surface area contributed by atoms with Crippen molar-refractivity contribution in [1.82, 2.24) is 5.32 Å². The lowest BCUT2D eigenvalue weighted by molar-refractivity contribution is -0.120. The quantitative estimate of drug-likeness (QED) is 0.752. The number of unbranched alkanes of at least 4 members (excludes halogenated alkanes) is 1. The van der Waals surface area contributed by atoms with Gasteiger partial charge in [0.2, 0.25) is 5.91 Å². The first-order chi connectivity index (χ1) is 9.06. The largest absolute Gasteiger partial charge is 0.368 e. The van der Waals surface area contributed by atoms with Crippen molar-refractivity contribution in [3.63, 3.8) is 0 Å². The number of nitriles is 1. The van der Waals surface area contributed by atoms with Gasteiger partial charge in [-0.05, 0) is 25.0 Å². The SMILES string of the molecule is N#CCCC[C@H](NC(=O)c1ccccc1F)C(N)=O. The summed E-state index contributed by atoms with van der Waals surface area (Å²) >= 11 is 0. The number of carbonyl (C=O) groups excluding carboxylic acids is 2. The van der Waals surface area contributed by atoms with Crippen LogP contribution in [0.4, 0.5) is 4.39 Å². The summed E-state index contributed by atoms with van der Waals surface area (Å²) in [5.74, 6) is -2.07. The first kappa shape index (κ1) is 14.6. The van der Waals surface area contributed by atoms with Gasteiger partial charge in [0.15, 0.2) is 0 Å². The average molecular weight is 263 g/mol. The van der Waals surface area contributed by atoms with E-state index in [1.165, 1.54) is 18.2 Å². The van der Waals surface area contributed by atoms with Gasteiger partial charge in [0.25, 0.3) is 5.91 Å². The maximum atomic E-state index is 13.4. The minimum absolute atomic E-state index is 0.144. The van der Waals surface area contributed by atoms with Gasteiger partial charge >= 0.3 is 0 Å². The van der Waals surface area contributed by atoms with E-state index in [1.54, 1.807) is 0 Å². The van der Waals surface area contributed by atoms with Crippen molar-refractivity contribution >= 4 is 11.8 Å². The van der Waals surface area contributed by atoms with Crippen molar-refractivity contribution in [3.05, 3.63) is 35.6 Å². The number of hydrogen-bond acceptors (Lipinski definition) is 3. The molecule has 2 amide bonds. The molecule has 0 saturated carbocycles. The van der Waals surface area contributed by atoms with Gasteiger partial charge < -0.3 is 11.1 Å². The Labute approximate surface area is 110 Å². The molecular formula is C13H14FN3O2. The normalized spacial score (nSPS) is 11.4. The Hall–Kier alpha value is -2.42. The molecule has 0 radical (unpaired) electrons. The molecule has 0 aromatic heterocycles. The topological polar surface area (TPSA) is 96.0 Å². The van der Waals surface area contributed by atoms with E-state index in [4.69, 9.17) is 11.0 Å². The molecular weight excluding hydrogens is 249 g/mol. The van der Waals surface area contributed by atoms with E-state index in [9.17, 15) is 14.0 Å². The Morgan fingerprint density at radius 1 is 1.42 bits per heavy atom. The maximum Gasteiger partial charge on any atom is 0.254 e. The first-order valence-electron chi connectivity index (χ1n) is 5.78. The van der Waals surface area contributed by atoms with Crippen LogP contribution in [0, 0.1) is 17.1 Å². The minimum atomic E-state index is -0.902. The van der Waals surface area contributed by atoms with E-state index in [0.29, 0.717) is 6.42 Å². The van der Waals surface area contributed by atoms with Gasteiger partial charge in [-0.3, -0.25) is 9.59 Å². The molecule has 0 bridgehead atoms. The lowest BCUT2D eigenvalue weighted by Crippen LogP contribution is -2.44. The third kappa shape index (κ3) is 4.39. The Morgan fingerprint density at radius 2 is 2.11 bits per heavy atom. The number of amides is 2. The molecule has 0 aliphatic heterocycles. The minimum Gasteiger partial charge on any atom is -0.368 e. The number of hydrogen-bond donors (Lipinski definition) is 2. The highest BCUT2D eigenvalue weighted by Crippen LogP contribution is 2.07. The summed E-state index contributed by atoms with van der Waals surface area (Å²) < 4.78 is 13.4. The predicted molar refractivity (Wildman–Crippen MR) is 66.3 cm³/mol. The molecule has 1 rings (SSSR count). The second-order valence-electron chi connectivity index (χ2n) is 3.96. The average Bonchev–Trinajstić information content (AvgIpc) is 2.38. The maximum absolute atomic E-state index is 13.4. The number of primary amides is 1. The van der Waals surface area contributed by atoms with Crippen molar-refractivity contribution in [1.29, 1.82) is 5.26 Å². The molecule has 19 heavy (non-hydrogen) atoms. The number of nitrogens with one attached hydrogen (secondary N) is 1. The third-order valence-corrected chi connectivity index (χ3v) is 2.55. The molecule has 6 heteroatoms. The van der Waals surface area contributed by atoms with Crippen LogP contribution < -0.4 is 11.1 Å². The van der Waals surface area contributed by atoms with Crippen LogP contribution in [0.2, 0.25) is 0 Å². The van der Waals surface area contributed by atoms with Gasteiger partial charge in [-0.1, -0.05) is 12.1 Å². The number of nitrogens with two attached hydrogens (primary N) is 1. The lowest BCUT2D eigenvalue weighted by atomic mass is 10.1. The molecule has 0 fully saturated rings. The molecule has 100 valence electrons. The van der Waals surface area contributed by atoms with Crippen LogP contribution in [0.3, 0.4) is 0 Å². The number of rotatable bonds is 6. The fraction of sp³-hybridized carbons (Fsp3) is 0.308. The molecule has 5 nitrogen and oxygen atoms in total. The Morgan fingerprint density at radius 3 is 2.68 bits per heavy atom. The summed E-state index contributed by atoms with van der Waals surface area (Å²) in [5.41, 5.74) is 5.01. The highest BCUT2D eigenvalue weighted by molar-refractivity contribution is 5.97. The molecule has 0 aliphatic rings. The molecule has 1 atom stereocenters. The van der Waals surface area contributed by atoms with E-state index in [-0.39, 0.29) is 18.4 Å². The van der Waals surface area contributed by atoms with Gasteiger partial charge in [0, 0.05) is 6.42 Å². The number of halogens is 1. The van der Waals surface area contributed by atoms with Crippen LogP contribution in [-0.4, -0.2) is 17.9 Å². The van der Waals surface area contributed by atoms with Gasteiger partial charge in [-0.15, -0.1) is 0 Å². The summed E-state index contributed by atoms with van der Waals surface area (Å²) in [4.78, 5) is 23.0. The van der Waals surface area contributed by atoms with Crippen molar-refractivity contribution in [2.24, 2.45) is 5.73 Å². The van der Waals surface area contributed by atoms with Crippen LogP contribution in [-0.2, 0) is 4.79 Å². The Kier molecular flexibility index (Phi) is 5.48. The lowest BCUT2D eigenvalue weighted by Gasteiger charge is -2.15. The fourth-order valence-electron chi connectivity index (χ4n) is 1.55. The third-order valence-electron chi connectivity index (χ3n) is 2.55. The smallest absolute Gasteiger partial charge is 0.254 e. The molecule has 1 aromatic carbocycles. The number of carbonyl (C=O) groups is 2. The Balaban J connectivity index is 2.69. The second-order valence-corrected chi connectivity index (χ2v) is 3.96. The van der Waals surface area contributed by atoms with E-state index in [1.807, 2.05) is 6.07 Å². The van der Waals surface area contributed by atoms with Crippen LogP contribution in [0.15, 0.2) is 24.3 Å². The summed E-state index contributed by atoms with van der Waals surface area (Å²) in [6.07, 6.45) is 0.949. The summed E-state index contributed by atoms with van der Waals surface area (Å²) in [5, 5.41) is 10.8. The van der Waals surface area contributed by atoms with Crippen LogP contribution in [0.5, 0.6) is 0 Å². The van der Waals surface area contributed by atoms with E-state index < -0.39 is 23.7 Å². The van der Waals surface area contributed by atoms with Gasteiger partial charge in [0.1, 0.15) is 11.9 Å². The molecule has 0 aliphatic carbocycles. The highest BCUT2D eigenvalue weighted by Gasteiger charge is 2.20. The molecule has 1 aromatic rings. The van der Waals surface area contributed by atoms with Gasteiger partial charge in [0.05, 0.1) is 11.6 Å². The molecule has 0 heterocycles. The van der Waals surface area contributed by atoms with Crippen LogP contribution in [0.25, 0.3) is 0 Å². The zero-order chi connectivity index (χ0) is 14.3. The van der Waals surface area contributed by atoms with E-state index in [0.717, 1.165) is 6.07 Å². The Bertz CT molecular complexity index is 511. The fourth-order valence-corrected chi connectivity index (χ4v) is 1.55. The predicted octanol–water partition coefficient (Wildman–Crippen LogP) is 1.10. The highest BCUT2D eigenvalue weighted by atomic mass is 19.1. The van der Waals surface area contributed by atoms with E-state index in [2.05, 4.69) is 5.32 Å². The van der Waals surface area contributed by atoms with E-state index >= 15 is 0 Å². The van der Waals surface area contributed by atoms with Crippen LogP contribution >= 0.6 is 0 Å². The molecule has 0 spiro atoms. The van der Waals surface area contributed by atoms with Crippen molar-refractivity contribution < 1.29 is 14.0 Å². The van der Waals surface area contributed by atoms with Crippen molar-refractivity contribution in [2.75, 3.05) is 0 Å². The summed E-state index contributed by atoms with van der Waals surface area (Å²) in [6.45, 7) is 0. The van der Waals surface area contributed by atoms with Gasteiger partial charge in [-0.2, -0.15) is 5.26 Å². The monoisotopic (exact) mass is 263 g/mol. The standard InChI is InChI=1S/C13H14FN3O2/c14-10-6-2-1-5-9(10)13(19)17-11(12(16)18)7-3-4-8-15/h1-2,5-6,11H,3-4,7H2,(H2,16,18)(H,17,19)/t11-/m0/s1. The first-order valence-corrected chi connectivity index (χ1v) is 5.78. The summed E-state index contributed by atoms with van der Waals surface area (Å²) in [7, 11) is 0. The van der Waals surface area contributed by atoms with Gasteiger partial charge in [-0.25, -0.2) is 4.39 Å². The number of nitrogens with zero attached hydrogens (tertiary/aromatic N) is 1. The molecule has 0 unspecified atom stereocenters.